The van der Waals surface area contributed by atoms with Crippen molar-refractivity contribution < 1.29 is 9.94 Å². The lowest BCUT2D eigenvalue weighted by atomic mass is 10.1. The van der Waals surface area contributed by atoms with Crippen LogP contribution in [0.3, 0.4) is 0 Å². The quantitative estimate of drug-likeness (QED) is 0.351. The van der Waals surface area contributed by atoms with Gasteiger partial charge in [0.05, 0.1) is 24.1 Å². The van der Waals surface area contributed by atoms with Crippen molar-refractivity contribution in [1.82, 2.24) is 4.98 Å². The van der Waals surface area contributed by atoms with Gasteiger partial charge in [-0.1, -0.05) is 5.16 Å². The van der Waals surface area contributed by atoms with Crippen LogP contribution in [-0.2, 0) is 4.74 Å². The largest absolute Gasteiger partial charge is 0.409 e. The van der Waals surface area contributed by atoms with E-state index in [-0.39, 0.29) is 11.4 Å². The van der Waals surface area contributed by atoms with Gasteiger partial charge < -0.3 is 20.6 Å². The Morgan fingerprint density at radius 2 is 2.39 bits per heavy atom. The second-order valence-electron chi connectivity index (χ2n) is 4.91. The van der Waals surface area contributed by atoms with Gasteiger partial charge in [-0.25, -0.2) is 0 Å². The number of rotatable bonds is 2. The van der Waals surface area contributed by atoms with Crippen LogP contribution in [0.5, 0.6) is 0 Å². The summed E-state index contributed by atoms with van der Waals surface area (Å²) in [7, 11) is 0. The number of nitrogens with two attached hydrogens (primary N) is 1. The van der Waals surface area contributed by atoms with E-state index in [0.717, 1.165) is 18.8 Å². The molecule has 18 heavy (non-hydrogen) atoms. The molecule has 3 N–H and O–H groups in total. The third-order valence-electron chi connectivity index (χ3n) is 2.95. The number of aromatic nitrogens is 1. The molecule has 1 saturated heterocycles. The molecule has 1 aliphatic rings. The molecule has 0 aliphatic carbocycles. The number of morpholine rings is 1. The first-order chi connectivity index (χ1) is 8.53. The zero-order valence-corrected chi connectivity index (χ0v) is 10.6. The van der Waals surface area contributed by atoms with Gasteiger partial charge in [-0.2, -0.15) is 0 Å². The summed E-state index contributed by atoms with van der Waals surface area (Å²) in [5.41, 5.74) is 7.02. The average molecular weight is 250 g/mol. The van der Waals surface area contributed by atoms with E-state index in [4.69, 9.17) is 15.7 Å². The molecule has 2 heterocycles. The Morgan fingerprint density at radius 1 is 1.61 bits per heavy atom. The Hall–Kier alpha value is -1.82. The summed E-state index contributed by atoms with van der Waals surface area (Å²) in [6, 6.07) is 1.74. The SMILES string of the molecule is CC1(C)CN(c2cnccc2/C(N)=N/O)CCO1. The maximum Gasteiger partial charge on any atom is 0.172 e. The van der Waals surface area contributed by atoms with Crippen molar-refractivity contribution in [2.45, 2.75) is 19.4 Å². The first-order valence-electron chi connectivity index (χ1n) is 5.84. The molecule has 0 saturated carbocycles. The summed E-state index contributed by atoms with van der Waals surface area (Å²) in [6.45, 7) is 6.24. The number of pyridine rings is 1. The summed E-state index contributed by atoms with van der Waals surface area (Å²) in [4.78, 5) is 6.25. The fourth-order valence-corrected chi connectivity index (χ4v) is 2.13. The fraction of sp³-hybridized carbons (Fsp3) is 0.500. The number of hydrogen-bond acceptors (Lipinski definition) is 5. The van der Waals surface area contributed by atoms with Gasteiger partial charge in [0.1, 0.15) is 0 Å². The summed E-state index contributed by atoms with van der Waals surface area (Å²) in [5.74, 6) is 0.0942. The third-order valence-corrected chi connectivity index (χ3v) is 2.95. The van der Waals surface area contributed by atoms with Crippen LogP contribution < -0.4 is 10.6 Å². The minimum atomic E-state index is -0.212. The molecule has 1 aromatic rings. The van der Waals surface area contributed by atoms with Crippen LogP contribution >= 0.6 is 0 Å². The van der Waals surface area contributed by atoms with Crippen molar-refractivity contribution >= 4 is 11.5 Å². The van der Waals surface area contributed by atoms with E-state index >= 15 is 0 Å². The van der Waals surface area contributed by atoms with Gasteiger partial charge in [-0.15, -0.1) is 0 Å². The summed E-state index contributed by atoms with van der Waals surface area (Å²) in [5, 5.41) is 11.9. The molecule has 6 nitrogen and oxygen atoms in total. The van der Waals surface area contributed by atoms with Crippen molar-refractivity contribution in [3.8, 4) is 0 Å². The van der Waals surface area contributed by atoms with Crippen molar-refractivity contribution in [3.05, 3.63) is 24.0 Å². The van der Waals surface area contributed by atoms with Crippen LogP contribution in [0, 0.1) is 0 Å². The molecule has 0 amide bonds. The monoisotopic (exact) mass is 250 g/mol. The highest BCUT2D eigenvalue weighted by atomic mass is 16.5. The third kappa shape index (κ3) is 2.53. The van der Waals surface area contributed by atoms with Crippen LogP contribution in [0.25, 0.3) is 0 Å². The molecule has 1 aliphatic heterocycles. The first-order valence-corrected chi connectivity index (χ1v) is 5.84. The first kappa shape index (κ1) is 12.6. The van der Waals surface area contributed by atoms with Gasteiger partial charge in [0.15, 0.2) is 5.84 Å². The maximum absolute atomic E-state index is 8.81. The van der Waals surface area contributed by atoms with Crippen LogP contribution in [0.15, 0.2) is 23.6 Å². The lowest BCUT2D eigenvalue weighted by Crippen LogP contribution is -2.48. The molecule has 0 atom stereocenters. The fourth-order valence-electron chi connectivity index (χ4n) is 2.13. The predicted octanol–water partition coefficient (Wildman–Crippen LogP) is 0.791. The Labute approximate surface area is 106 Å². The zero-order valence-electron chi connectivity index (χ0n) is 10.6. The van der Waals surface area contributed by atoms with Gasteiger partial charge in [-0.3, -0.25) is 4.98 Å². The Morgan fingerprint density at radius 3 is 3.06 bits per heavy atom. The second-order valence-corrected chi connectivity index (χ2v) is 4.91. The number of hydrogen-bond donors (Lipinski definition) is 2. The van der Waals surface area contributed by atoms with E-state index in [0.29, 0.717) is 12.2 Å². The molecule has 1 fully saturated rings. The maximum atomic E-state index is 8.81. The standard InChI is InChI=1S/C12H18N4O2/c1-12(2)8-16(5-6-18-12)10-7-14-4-3-9(10)11(13)15-17/h3-4,7,17H,5-6,8H2,1-2H3,(H2,13,15). The minimum absolute atomic E-state index is 0.0942. The minimum Gasteiger partial charge on any atom is -0.409 e. The Balaban J connectivity index is 2.33. The van der Waals surface area contributed by atoms with Crippen LogP contribution in [0.1, 0.15) is 19.4 Å². The van der Waals surface area contributed by atoms with Crippen LogP contribution in [0.2, 0.25) is 0 Å². The zero-order chi connectivity index (χ0) is 13.2. The molecular weight excluding hydrogens is 232 g/mol. The molecule has 6 heteroatoms. The summed E-state index contributed by atoms with van der Waals surface area (Å²) < 4.78 is 5.67. The molecule has 98 valence electrons. The molecule has 0 radical (unpaired) electrons. The van der Waals surface area contributed by atoms with Gasteiger partial charge in [-0.05, 0) is 19.9 Å². The summed E-state index contributed by atoms with van der Waals surface area (Å²) in [6.07, 6.45) is 3.36. The van der Waals surface area contributed by atoms with E-state index in [1.165, 1.54) is 0 Å². The highest BCUT2D eigenvalue weighted by molar-refractivity contribution is 6.02. The Bertz CT molecular complexity index is 459. The van der Waals surface area contributed by atoms with E-state index < -0.39 is 0 Å². The van der Waals surface area contributed by atoms with Gasteiger partial charge in [0, 0.05) is 24.8 Å². The van der Waals surface area contributed by atoms with Crippen molar-refractivity contribution in [2.75, 3.05) is 24.6 Å². The number of ether oxygens (including phenoxy) is 1. The number of anilines is 1. The van der Waals surface area contributed by atoms with E-state index in [1.807, 2.05) is 13.8 Å². The van der Waals surface area contributed by atoms with Crippen molar-refractivity contribution in [3.63, 3.8) is 0 Å². The van der Waals surface area contributed by atoms with Gasteiger partial charge in [0.2, 0.25) is 0 Å². The average Bonchev–Trinajstić information content (AvgIpc) is 2.36. The number of oxime groups is 1. The van der Waals surface area contributed by atoms with Gasteiger partial charge >= 0.3 is 0 Å². The Kier molecular flexibility index (Phi) is 3.38. The van der Waals surface area contributed by atoms with Crippen molar-refractivity contribution in [1.29, 1.82) is 0 Å². The molecule has 2 rings (SSSR count). The lowest BCUT2D eigenvalue weighted by molar-refractivity contribution is -0.0277. The van der Waals surface area contributed by atoms with E-state index in [1.54, 1.807) is 18.5 Å². The normalized spacial score (nSPS) is 19.9. The second kappa shape index (κ2) is 4.81. The number of amidine groups is 1. The molecule has 0 aromatic carbocycles. The van der Waals surface area contributed by atoms with Crippen molar-refractivity contribution in [2.24, 2.45) is 10.9 Å². The van der Waals surface area contributed by atoms with Crippen LogP contribution in [0.4, 0.5) is 5.69 Å². The highest BCUT2D eigenvalue weighted by Crippen LogP contribution is 2.25. The molecule has 1 aromatic heterocycles. The number of nitrogens with zero attached hydrogens (tertiary/aromatic N) is 3. The molecular formula is C12H18N4O2. The molecule has 0 bridgehead atoms. The topological polar surface area (TPSA) is 84.0 Å². The smallest absolute Gasteiger partial charge is 0.172 e. The highest BCUT2D eigenvalue weighted by Gasteiger charge is 2.28. The predicted molar refractivity (Wildman–Crippen MR) is 69.0 cm³/mol. The lowest BCUT2D eigenvalue weighted by Gasteiger charge is -2.39. The van der Waals surface area contributed by atoms with E-state index in [9.17, 15) is 0 Å². The molecule has 0 spiro atoms. The van der Waals surface area contributed by atoms with E-state index in [2.05, 4.69) is 15.0 Å². The summed E-state index contributed by atoms with van der Waals surface area (Å²) >= 11 is 0. The van der Waals surface area contributed by atoms with Gasteiger partial charge in [0.25, 0.3) is 0 Å². The van der Waals surface area contributed by atoms with Crippen LogP contribution in [-0.4, -0.2) is 41.3 Å². The molecule has 0 unspecified atom stereocenters.